The summed E-state index contributed by atoms with van der Waals surface area (Å²) in [5.41, 5.74) is 1.83. The molecular weight excluding hydrogens is 140 g/mol. The number of hydrogen-bond donors (Lipinski definition) is 0. The van der Waals surface area contributed by atoms with Crippen LogP contribution in [0.15, 0.2) is 12.4 Å². The lowest BCUT2D eigenvalue weighted by atomic mass is 10.2. The molecule has 3 nitrogen and oxygen atoms in total. The van der Waals surface area contributed by atoms with Gasteiger partial charge in [0.15, 0.2) is 0 Å². The molecule has 0 radical (unpaired) electrons. The summed E-state index contributed by atoms with van der Waals surface area (Å²) in [6.45, 7) is 1.90. The molecule has 0 fully saturated rings. The highest BCUT2D eigenvalue weighted by Gasteiger charge is 1.97. The Labute approximate surface area is 65.5 Å². The predicted octanol–water partition coefficient (Wildman–Crippen LogP) is 0.917. The molecule has 0 aliphatic heterocycles. The molecule has 1 rings (SSSR count). The number of carbonyl (C=O) groups is 1. The smallest absolute Gasteiger partial charge is 0.120 e. The zero-order chi connectivity index (χ0) is 8.10. The minimum absolute atomic E-state index is 0.527. The van der Waals surface area contributed by atoms with Gasteiger partial charge in [-0.15, -0.1) is 0 Å². The molecule has 0 amide bonds. The number of nitrogens with zero attached hydrogens (tertiary/aromatic N) is 2. The third-order valence-electron chi connectivity index (χ3n) is 1.48. The highest BCUT2D eigenvalue weighted by molar-refractivity contribution is 5.49. The zero-order valence-corrected chi connectivity index (χ0v) is 6.45. The lowest BCUT2D eigenvalue weighted by Gasteiger charge is -1.98. The number of aryl methyl sites for hydroxylation is 2. The lowest BCUT2D eigenvalue weighted by molar-refractivity contribution is -0.107. The number of aromatic nitrogens is 2. The van der Waals surface area contributed by atoms with Crippen LogP contribution in [0.2, 0.25) is 0 Å². The fourth-order valence-electron chi connectivity index (χ4n) is 0.877. The molecule has 1 aromatic rings. The molecule has 0 aliphatic rings. The van der Waals surface area contributed by atoms with Gasteiger partial charge in [-0.2, -0.15) is 0 Å². The maximum absolute atomic E-state index is 10.0. The first-order valence-corrected chi connectivity index (χ1v) is 3.54. The third-order valence-corrected chi connectivity index (χ3v) is 1.48. The van der Waals surface area contributed by atoms with E-state index in [0.29, 0.717) is 12.8 Å². The summed E-state index contributed by atoms with van der Waals surface area (Å²) in [5.74, 6) is 0. The summed E-state index contributed by atoms with van der Waals surface area (Å²) in [6, 6.07) is 0. The summed E-state index contributed by atoms with van der Waals surface area (Å²) in [6.07, 6.45) is 5.42. The molecule has 0 unspecified atom stereocenters. The highest BCUT2D eigenvalue weighted by atomic mass is 16.1. The van der Waals surface area contributed by atoms with Crippen LogP contribution < -0.4 is 0 Å². The second-order valence-electron chi connectivity index (χ2n) is 2.29. The predicted molar refractivity (Wildman–Crippen MR) is 41.2 cm³/mol. The van der Waals surface area contributed by atoms with Gasteiger partial charge in [0, 0.05) is 18.8 Å². The molecule has 58 valence electrons. The van der Waals surface area contributed by atoms with Crippen LogP contribution in [0.5, 0.6) is 0 Å². The second kappa shape index (κ2) is 3.81. The standard InChI is InChI=1S/C8H10N2O/c1-7-8(3-2-6-11)10-5-4-9-7/h4-6H,2-3H2,1H3. The van der Waals surface area contributed by atoms with Crippen LogP contribution in [0.3, 0.4) is 0 Å². The van der Waals surface area contributed by atoms with Crippen molar-refractivity contribution in [1.82, 2.24) is 9.97 Å². The molecule has 0 aliphatic carbocycles. The van der Waals surface area contributed by atoms with E-state index in [9.17, 15) is 4.79 Å². The first-order valence-electron chi connectivity index (χ1n) is 3.54. The Hall–Kier alpha value is -1.25. The van der Waals surface area contributed by atoms with Crippen LogP contribution in [-0.4, -0.2) is 16.3 Å². The van der Waals surface area contributed by atoms with Crippen LogP contribution in [0.25, 0.3) is 0 Å². The van der Waals surface area contributed by atoms with Gasteiger partial charge in [-0.25, -0.2) is 0 Å². The largest absolute Gasteiger partial charge is 0.303 e. The fraction of sp³-hybridized carbons (Fsp3) is 0.375. The monoisotopic (exact) mass is 150 g/mol. The molecule has 3 heteroatoms. The summed E-state index contributed by atoms with van der Waals surface area (Å²) >= 11 is 0. The second-order valence-corrected chi connectivity index (χ2v) is 2.29. The van der Waals surface area contributed by atoms with Crippen molar-refractivity contribution < 1.29 is 4.79 Å². The van der Waals surface area contributed by atoms with Gasteiger partial charge in [0.1, 0.15) is 6.29 Å². The maximum atomic E-state index is 10.0. The molecule has 0 spiro atoms. The van der Waals surface area contributed by atoms with Crippen LogP contribution >= 0.6 is 0 Å². The van der Waals surface area contributed by atoms with Crippen molar-refractivity contribution in [1.29, 1.82) is 0 Å². The SMILES string of the molecule is Cc1nccnc1CCC=O. The molecule has 0 bridgehead atoms. The maximum Gasteiger partial charge on any atom is 0.120 e. The van der Waals surface area contributed by atoms with E-state index >= 15 is 0 Å². The Kier molecular flexibility index (Phi) is 2.72. The average molecular weight is 150 g/mol. The molecular formula is C8H10N2O. The van der Waals surface area contributed by atoms with E-state index in [2.05, 4.69) is 9.97 Å². The zero-order valence-electron chi connectivity index (χ0n) is 6.45. The Balaban J connectivity index is 2.69. The summed E-state index contributed by atoms with van der Waals surface area (Å²) in [7, 11) is 0. The minimum Gasteiger partial charge on any atom is -0.303 e. The molecule has 0 N–H and O–H groups in total. The first-order chi connectivity index (χ1) is 5.34. The van der Waals surface area contributed by atoms with Crippen LogP contribution in [0.1, 0.15) is 17.8 Å². The molecule has 11 heavy (non-hydrogen) atoms. The summed E-state index contributed by atoms with van der Waals surface area (Å²) in [4.78, 5) is 18.2. The quantitative estimate of drug-likeness (QED) is 0.601. The van der Waals surface area contributed by atoms with Gasteiger partial charge in [0.25, 0.3) is 0 Å². The molecule has 1 heterocycles. The minimum atomic E-state index is 0.527. The van der Waals surface area contributed by atoms with E-state index < -0.39 is 0 Å². The van der Waals surface area contributed by atoms with Crippen molar-refractivity contribution in [3.05, 3.63) is 23.8 Å². The van der Waals surface area contributed by atoms with Gasteiger partial charge in [-0.3, -0.25) is 9.97 Å². The molecule has 0 saturated heterocycles. The van der Waals surface area contributed by atoms with Gasteiger partial charge in [0.2, 0.25) is 0 Å². The molecule has 1 aromatic heterocycles. The van der Waals surface area contributed by atoms with Crippen molar-refractivity contribution in [3.63, 3.8) is 0 Å². The van der Waals surface area contributed by atoms with E-state index in [1.807, 2.05) is 6.92 Å². The van der Waals surface area contributed by atoms with E-state index in [1.165, 1.54) is 0 Å². The van der Waals surface area contributed by atoms with Crippen LogP contribution in [0.4, 0.5) is 0 Å². The van der Waals surface area contributed by atoms with Gasteiger partial charge in [0.05, 0.1) is 11.4 Å². The number of aldehydes is 1. The van der Waals surface area contributed by atoms with E-state index in [1.54, 1.807) is 12.4 Å². The van der Waals surface area contributed by atoms with Crippen molar-refractivity contribution >= 4 is 6.29 Å². The van der Waals surface area contributed by atoms with Gasteiger partial charge in [-0.05, 0) is 13.3 Å². The van der Waals surface area contributed by atoms with Crippen molar-refractivity contribution in [3.8, 4) is 0 Å². The van der Waals surface area contributed by atoms with Crippen molar-refractivity contribution in [2.45, 2.75) is 19.8 Å². The van der Waals surface area contributed by atoms with E-state index in [0.717, 1.165) is 17.7 Å². The molecule has 0 saturated carbocycles. The van der Waals surface area contributed by atoms with Crippen LogP contribution in [0, 0.1) is 6.92 Å². The number of carbonyl (C=O) groups excluding carboxylic acids is 1. The van der Waals surface area contributed by atoms with E-state index in [4.69, 9.17) is 0 Å². The fourth-order valence-corrected chi connectivity index (χ4v) is 0.877. The lowest BCUT2D eigenvalue weighted by Crippen LogP contribution is -1.96. The van der Waals surface area contributed by atoms with Crippen molar-refractivity contribution in [2.75, 3.05) is 0 Å². The van der Waals surface area contributed by atoms with Gasteiger partial charge >= 0.3 is 0 Å². The van der Waals surface area contributed by atoms with Crippen molar-refractivity contribution in [2.24, 2.45) is 0 Å². The number of hydrogen-bond acceptors (Lipinski definition) is 3. The van der Waals surface area contributed by atoms with Gasteiger partial charge in [-0.1, -0.05) is 0 Å². The Morgan fingerprint density at radius 1 is 1.45 bits per heavy atom. The Bertz CT molecular complexity index is 248. The van der Waals surface area contributed by atoms with E-state index in [-0.39, 0.29) is 0 Å². The third kappa shape index (κ3) is 2.11. The Morgan fingerprint density at radius 3 is 2.82 bits per heavy atom. The molecule has 0 atom stereocenters. The topological polar surface area (TPSA) is 42.9 Å². The average Bonchev–Trinajstić information content (AvgIpc) is 2.03. The summed E-state index contributed by atoms with van der Waals surface area (Å²) < 4.78 is 0. The highest BCUT2D eigenvalue weighted by Crippen LogP contribution is 2.00. The normalized spacial score (nSPS) is 9.55. The first kappa shape index (κ1) is 7.85. The molecule has 0 aromatic carbocycles. The van der Waals surface area contributed by atoms with Gasteiger partial charge < -0.3 is 4.79 Å². The Morgan fingerprint density at radius 2 is 2.18 bits per heavy atom. The number of rotatable bonds is 3. The summed E-state index contributed by atoms with van der Waals surface area (Å²) in [5, 5.41) is 0. The van der Waals surface area contributed by atoms with Crippen LogP contribution in [-0.2, 0) is 11.2 Å².